The summed E-state index contributed by atoms with van der Waals surface area (Å²) in [4.78, 5) is 27.7. The molecule has 8 nitrogen and oxygen atoms in total. The zero-order chi connectivity index (χ0) is 27.5. The molecule has 2 heterocycles. The van der Waals surface area contributed by atoms with Gasteiger partial charge in [-0.25, -0.2) is 0 Å². The summed E-state index contributed by atoms with van der Waals surface area (Å²) < 4.78 is 11.3. The van der Waals surface area contributed by atoms with Crippen LogP contribution in [0.3, 0.4) is 0 Å². The number of hydrogen-bond donors (Lipinski definition) is 2. The molecule has 1 aliphatic rings. The fourth-order valence-corrected chi connectivity index (χ4v) is 4.75. The number of fused-ring (bicyclic) bond motifs is 1. The van der Waals surface area contributed by atoms with Gasteiger partial charge in [0.1, 0.15) is 12.0 Å². The van der Waals surface area contributed by atoms with E-state index in [4.69, 9.17) is 9.26 Å². The topological polar surface area (TPSA) is 96.7 Å². The van der Waals surface area contributed by atoms with Crippen LogP contribution in [0.15, 0.2) is 59.3 Å². The zero-order valence-corrected chi connectivity index (χ0v) is 23.1. The summed E-state index contributed by atoms with van der Waals surface area (Å²) in [6, 6.07) is 16.1. The molecule has 208 valence electrons. The summed E-state index contributed by atoms with van der Waals surface area (Å²) in [5.41, 5.74) is 4.81. The predicted octanol–water partition coefficient (Wildman–Crippen LogP) is 4.41. The second kappa shape index (κ2) is 14.5. The molecule has 2 N–H and O–H groups in total. The lowest BCUT2D eigenvalue weighted by Gasteiger charge is -2.23. The van der Waals surface area contributed by atoms with Crippen molar-refractivity contribution in [3.63, 3.8) is 0 Å². The van der Waals surface area contributed by atoms with Crippen LogP contribution >= 0.6 is 0 Å². The minimum atomic E-state index is -0.0715. The van der Waals surface area contributed by atoms with E-state index in [-0.39, 0.29) is 24.8 Å². The molecule has 1 aliphatic heterocycles. The van der Waals surface area contributed by atoms with Crippen molar-refractivity contribution >= 4 is 11.8 Å². The van der Waals surface area contributed by atoms with E-state index in [0.717, 1.165) is 59.4 Å². The van der Waals surface area contributed by atoms with Crippen molar-refractivity contribution in [2.75, 3.05) is 19.7 Å². The van der Waals surface area contributed by atoms with Crippen molar-refractivity contribution in [3.8, 4) is 5.75 Å². The molecule has 8 heteroatoms. The summed E-state index contributed by atoms with van der Waals surface area (Å²) in [6.07, 6.45) is 5.52. The molecule has 0 saturated heterocycles. The van der Waals surface area contributed by atoms with Crippen LogP contribution in [0, 0.1) is 5.92 Å². The van der Waals surface area contributed by atoms with Gasteiger partial charge in [0, 0.05) is 37.3 Å². The van der Waals surface area contributed by atoms with Crippen LogP contribution in [0.1, 0.15) is 61.1 Å². The summed E-state index contributed by atoms with van der Waals surface area (Å²) in [6.45, 7) is 7.40. The molecular weight excluding hydrogens is 492 g/mol. The minimum Gasteiger partial charge on any atom is -0.493 e. The first-order chi connectivity index (χ1) is 19.0. The second-order valence-electron chi connectivity index (χ2n) is 10.7. The lowest BCUT2D eigenvalue weighted by molar-refractivity contribution is -0.122. The Hall–Kier alpha value is -3.65. The van der Waals surface area contributed by atoms with Crippen LogP contribution in [0.2, 0.25) is 0 Å². The Bertz CT molecular complexity index is 1210. The van der Waals surface area contributed by atoms with E-state index >= 15 is 0 Å². The molecule has 0 fully saturated rings. The molecule has 0 atom stereocenters. The summed E-state index contributed by atoms with van der Waals surface area (Å²) >= 11 is 0. The SMILES string of the molecule is CC(C)Cc1nocc1CNC(=O)Cc1ccc2c(c1)CN(Cc1ccccc1)CC(=O)NCCCCCO2. The molecule has 0 spiro atoms. The Morgan fingerprint density at radius 2 is 1.92 bits per heavy atom. The average Bonchev–Trinajstić information content (AvgIpc) is 3.34. The Labute approximate surface area is 231 Å². The molecule has 3 aromatic rings. The van der Waals surface area contributed by atoms with Crippen LogP contribution in [0.25, 0.3) is 0 Å². The Kier molecular flexibility index (Phi) is 10.5. The van der Waals surface area contributed by atoms with Crippen molar-refractivity contribution in [2.24, 2.45) is 5.92 Å². The van der Waals surface area contributed by atoms with Crippen molar-refractivity contribution in [3.05, 3.63) is 82.7 Å². The van der Waals surface area contributed by atoms with Gasteiger partial charge in [-0.3, -0.25) is 14.5 Å². The van der Waals surface area contributed by atoms with Gasteiger partial charge >= 0.3 is 0 Å². The van der Waals surface area contributed by atoms with Gasteiger partial charge in [-0.05, 0) is 48.8 Å². The summed E-state index contributed by atoms with van der Waals surface area (Å²) in [7, 11) is 0. The standard InChI is InChI=1S/C31H40N4O4/c1-23(2)15-28-27(22-39-34-28)18-33-30(36)17-25-11-12-29-26(16-25)20-35(19-24-9-5-3-6-10-24)21-31(37)32-13-7-4-8-14-38-29/h3,5-6,9-12,16,22-23H,4,7-8,13-15,17-21H2,1-2H3,(H,32,37)(H,33,36). The van der Waals surface area contributed by atoms with Gasteiger partial charge in [-0.15, -0.1) is 0 Å². The molecule has 0 aliphatic carbocycles. The van der Waals surface area contributed by atoms with Crippen LogP contribution in [-0.4, -0.2) is 41.6 Å². The molecule has 1 aromatic heterocycles. The van der Waals surface area contributed by atoms with Gasteiger partial charge in [-0.1, -0.05) is 61.5 Å². The minimum absolute atomic E-state index is 0.0220. The molecule has 4 rings (SSSR count). The van der Waals surface area contributed by atoms with E-state index in [9.17, 15) is 9.59 Å². The van der Waals surface area contributed by atoms with Gasteiger partial charge in [0.25, 0.3) is 0 Å². The molecule has 0 bridgehead atoms. The number of rotatable bonds is 8. The molecule has 39 heavy (non-hydrogen) atoms. The van der Waals surface area contributed by atoms with Gasteiger partial charge in [0.05, 0.1) is 25.3 Å². The Morgan fingerprint density at radius 1 is 1.08 bits per heavy atom. The molecular formula is C31H40N4O4. The van der Waals surface area contributed by atoms with E-state index in [1.54, 1.807) is 6.26 Å². The Morgan fingerprint density at radius 3 is 2.74 bits per heavy atom. The first-order valence-corrected chi connectivity index (χ1v) is 13.9. The smallest absolute Gasteiger partial charge is 0.234 e. The number of carbonyl (C=O) groups is 2. The third-order valence-corrected chi connectivity index (χ3v) is 6.71. The number of aromatic nitrogens is 1. The Balaban J connectivity index is 1.48. The van der Waals surface area contributed by atoms with Gasteiger partial charge < -0.3 is 19.9 Å². The van der Waals surface area contributed by atoms with Crippen LogP contribution < -0.4 is 15.4 Å². The van der Waals surface area contributed by atoms with Crippen LogP contribution in [0.4, 0.5) is 0 Å². The third kappa shape index (κ3) is 9.25. The van der Waals surface area contributed by atoms with Gasteiger partial charge in [0.15, 0.2) is 0 Å². The summed E-state index contributed by atoms with van der Waals surface area (Å²) in [5.74, 6) is 1.21. The monoisotopic (exact) mass is 532 g/mol. The molecule has 0 radical (unpaired) electrons. The largest absolute Gasteiger partial charge is 0.493 e. The highest BCUT2D eigenvalue weighted by atomic mass is 16.5. The fourth-order valence-electron chi connectivity index (χ4n) is 4.75. The number of amides is 2. The maximum atomic E-state index is 12.8. The highest BCUT2D eigenvalue weighted by molar-refractivity contribution is 5.79. The van der Waals surface area contributed by atoms with Gasteiger partial charge in [0.2, 0.25) is 11.8 Å². The molecule has 0 unspecified atom stereocenters. The maximum Gasteiger partial charge on any atom is 0.234 e. The predicted molar refractivity (Wildman–Crippen MR) is 150 cm³/mol. The number of ether oxygens (including phenoxy) is 1. The highest BCUT2D eigenvalue weighted by Gasteiger charge is 2.17. The van der Waals surface area contributed by atoms with E-state index in [2.05, 4.69) is 46.7 Å². The lowest BCUT2D eigenvalue weighted by Crippen LogP contribution is -2.37. The van der Waals surface area contributed by atoms with Crippen molar-refractivity contribution in [1.82, 2.24) is 20.7 Å². The van der Waals surface area contributed by atoms with Crippen molar-refractivity contribution in [2.45, 2.75) is 65.6 Å². The van der Waals surface area contributed by atoms with E-state index in [0.29, 0.717) is 38.7 Å². The van der Waals surface area contributed by atoms with E-state index in [1.807, 2.05) is 36.4 Å². The molecule has 0 saturated carbocycles. The number of benzene rings is 2. The van der Waals surface area contributed by atoms with Crippen molar-refractivity contribution in [1.29, 1.82) is 0 Å². The highest BCUT2D eigenvalue weighted by Crippen LogP contribution is 2.24. The molecule has 2 aromatic carbocycles. The normalized spacial score (nSPS) is 15.3. The number of hydrogen-bond acceptors (Lipinski definition) is 6. The van der Waals surface area contributed by atoms with E-state index in [1.165, 1.54) is 0 Å². The van der Waals surface area contributed by atoms with E-state index < -0.39 is 0 Å². The lowest BCUT2D eigenvalue weighted by atomic mass is 10.0. The number of nitrogens with one attached hydrogen (secondary N) is 2. The van der Waals surface area contributed by atoms with Crippen LogP contribution in [-0.2, 0) is 42.1 Å². The second-order valence-corrected chi connectivity index (χ2v) is 10.7. The quantitative estimate of drug-likeness (QED) is 0.446. The first-order valence-electron chi connectivity index (χ1n) is 13.9. The molecule has 2 amide bonds. The number of carbonyl (C=O) groups excluding carboxylic acids is 2. The summed E-state index contributed by atoms with van der Waals surface area (Å²) in [5, 5.41) is 10.1. The fraction of sp³-hybridized carbons (Fsp3) is 0.452. The maximum absolute atomic E-state index is 12.8. The first kappa shape index (κ1) is 28.4. The number of nitrogens with zero attached hydrogens (tertiary/aromatic N) is 2. The van der Waals surface area contributed by atoms with Crippen molar-refractivity contribution < 1.29 is 18.8 Å². The third-order valence-electron chi connectivity index (χ3n) is 6.71. The zero-order valence-electron chi connectivity index (χ0n) is 23.1. The average molecular weight is 533 g/mol. The van der Waals surface area contributed by atoms with Gasteiger partial charge in [-0.2, -0.15) is 0 Å². The van der Waals surface area contributed by atoms with Crippen LogP contribution in [0.5, 0.6) is 5.75 Å².